The number of nitrogens with zero attached hydrogens (tertiary/aromatic N) is 1. The lowest BCUT2D eigenvalue weighted by atomic mass is 10.3. The molecule has 1 amide bonds. The Labute approximate surface area is 59.4 Å². The van der Waals surface area contributed by atoms with Gasteiger partial charge in [0.05, 0.1) is 0 Å². The van der Waals surface area contributed by atoms with Gasteiger partial charge in [-0.25, -0.2) is 4.79 Å². The van der Waals surface area contributed by atoms with Crippen molar-refractivity contribution in [1.82, 2.24) is 4.90 Å². The molecule has 0 rings (SSSR count). The first-order valence-corrected chi connectivity index (χ1v) is 2.97. The normalized spacial score (nSPS) is 9.60. The standard InChI is InChI=1S/C6H11NO3/c1-4(2)7(3)5(8)6(9)10/h4H,1-3H3,(H,9,10). The molecule has 0 aliphatic rings. The minimum atomic E-state index is -1.41. The lowest BCUT2D eigenvalue weighted by molar-refractivity contribution is -0.156. The molecule has 0 bridgehead atoms. The summed E-state index contributed by atoms with van der Waals surface area (Å²) in [4.78, 5) is 21.8. The maximum Gasteiger partial charge on any atom is 0.394 e. The zero-order valence-electron chi connectivity index (χ0n) is 6.29. The molecule has 0 aromatic carbocycles. The number of hydrogen-bond acceptors (Lipinski definition) is 2. The number of aliphatic carboxylic acids is 1. The number of likely N-dealkylation sites (N-methyl/N-ethyl adjacent to an activating group) is 1. The van der Waals surface area contributed by atoms with E-state index in [0.717, 1.165) is 0 Å². The van der Waals surface area contributed by atoms with Gasteiger partial charge in [-0.05, 0) is 13.8 Å². The van der Waals surface area contributed by atoms with Crippen LogP contribution < -0.4 is 0 Å². The first-order chi connectivity index (χ1) is 4.46. The van der Waals surface area contributed by atoms with E-state index in [1.165, 1.54) is 11.9 Å². The summed E-state index contributed by atoms with van der Waals surface area (Å²) in [5.41, 5.74) is 0. The summed E-state index contributed by atoms with van der Waals surface area (Å²) in [5, 5.41) is 8.21. The summed E-state index contributed by atoms with van der Waals surface area (Å²) < 4.78 is 0. The van der Waals surface area contributed by atoms with Crippen LogP contribution in [-0.4, -0.2) is 35.0 Å². The molecular formula is C6H11NO3. The second kappa shape index (κ2) is 3.20. The van der Waals surface area contributed by atoms with Crippen LogP contribution in [0.15, 0.2) is 0 Å². The third-order valence-corrected chi connectivity index (χ3v) is 1.28. The summed E-state index contributed by atoms with van der Waals surface area (Å²) >= 11 is 0. The van der Waals surface area contributed by atoms with Crippen molar-refractivity contribution in [2.75, 3.05) is 7.05 Å². The average Bonchev–Trinajstić information content (AvgIpc) is 1.84. The number of rotatable bonds is 1. The molecule has 0 saturated carbocycles. The molecule has 1 N–H and O–H groups in total. The van der Waals surface area contributed by atoms with Crippen molar-refractivity contribution in [1.29, 1.82) is 0 Å². The van der Waals surface area contributed by atoms with Gasteiger partial charge in [-0.15, -0.1) is 0 Å². The Morgan fingerprint density at radius 1 is 1.40 bits per heavy atom. The number of carboxylic acid groups (broad SMARTS) is 1. The Balaban J connectivity index is 4.08. The fourth-order valence-electron chi connectivity index (χ4n) is 0.385. The van der Waals surface area contributed by atoms with Gasteiger partial charge in [0.15, 0.2) is 0 Å². The van der Waals surface area contributed by atoms with Crippen molar-refractivity contribution in [3.8, 4) is 0 Å². The second-order valence-corrected chi connectivity index (χ2v) is 2.31. The van der Waals surface area contributed by atoms with E-state index in [1.807, 2.05) is 0 Å². The van der Waals surface area contributed by atoms with Crippen LogP contribution in [0.4, 0.5) is 0 Å². The van der Waals surface area contributed by atoms with Gasteiger partial charge in [0.1, 0.15) is 0 Å². The highest BCUT2D eigenvalue weighted by atomic mass is 16.4. The van der Waals surface area contributed by atoms with Crippen LogP contribution in [0.3, 0.4) is 0 Å². The maximum atomic E-state index is 10.6. The average molecular weight is 145 g/mol. The molecule has 0 aliphatic carbocycles. The number of amides is 1. The first kappa shape index (κ1) is 8.94. The van der Waals surface area contributed by atoms with Crippen LogP contribution in [0.1, 0.15) is 13.8 Å². The number of carbonyl (C=O) groups is 2. The minimum absolute atomic E-state index is 0.0661. The molecule has 0 saturated heterocycles. The van der Waals surface area contributed by atoms with Gasteiger partial charge in [-0.1, -0.05) is 0 Å². The van der Waals surface area contributed by atoms with E-state index < -0.39 is 11.9 Å². The largest absolute Gasteiger partial charge is 0.474 e. The highest BCUT2D eigenvalue weighted by Gasteiger charge is 2.18. The summed E-state index contributed by atoms with van der Waals surface area (Å²) in [5.74, 6) is -2.27. The minimum Gasteiger partial charge on any atom is -0.474 e. The third-order valence-electron chi connectivity index (χ3n) is 1.28. The van der Waals surface area contributed by atoms with Crippen LogP contribution in [-0.2, 0) is 9.59 Å². The zero-order chi connectivity index (χ0) is 8.31. The highest BCUT2D eigenvalue weighted by molar-refractivity contribution is 6.31. The van der Waals surface area contributed by atoms with E-state index in [4.69, 9.17) is 5.11 Å². The topological polar surface area (TPSA) is 57.6 Å². The number of carbonyl (C=O) groups excluding carboxylic acids is 1. The van der Waals surface area contributed by atoms with E-state index in [9.17, 15) is 9.59 Å². The van der Waals surface area contributed by atoms with Gasteiger partial charge < -0.3 is 10.0 Å². The predicted octanol–water partition coefficient (Wildman–Crippen LogP) is -0.0622. The molecule has 4 heteroatoms. The van der Waals surface area contributed by atoms with Crippen LogP contribution in [0.2, 0.25) is 0 Å². The number of carboxylic acids is 1. The van der Waals surface area contributed by atoms with Crippen molar-refractivity contribution in [3.63, 3.8) is 0 Å². The van der Waals surface area contributed by atoms with E-state index in [1.54, 1.807) is 13.8 Å². The van der Waals surface area contributed by atoms with Crippen molar-refractivity contribution in [3.05, 3.63) is 0 Å². The molecule has 0 spiro atoms. The first-order valence-electron chi connectivity index (χ1n) is 2.97. The SMILES string of the molecule is CC(C)N(C)C(=O)C(=O)O. The van der Waals surface area contributed by atoms with Crippen LogP contribution in [0.5, 0.6) is 0 Å². The summed E-state index contributed by atoms with van der Waals surface area (Å²) in [7, 11) is 1.46. The Morgan fingerprint density at radius 2 is 1.80 bits per heavy atom. The van der Waals surface area contributed by atoms with Gasteiger partial charge in [0.25, 0.3) is 0 Å². The fraction of sp³-hybridized carbons (Fsp3) is 0.667. The second-order valence-electron chi connectivity index (χ2n) is 2.31. The highest BCUT2D eigenvalue weighted by Crippen LogP contribution is 1.93. The Morgan fingerprint density at radius 3 is 1.90 bits per heavy atom. The van der Waals surface area contributed by atoms with Crippen LogP contribution >= 0.6 is 0 Å². The van der Waals surface area contributed by atoms with Crippen molar-refractivity contribution in [2.45, 2.75) is 19.9 Å². The van der Waals surface area contributed by atoms with Crippen molar-refractivity contribution < 1.29 is 14.7 Å². The van der Waals surface area contributed by atoms with Gasteiger partial charge in [-0.2, -0.15) is 0 Å². The van der Waals surface area contributed by atoms with Crippen molar-refractivity contribution in [2.24, 2.45) is 0 Å². The monoisotopic (exact) mass is 145 g/mol. The predicted molar refractivity (Wildman–Crippen MR) is 35.5 cm³/mol. The maximum absolute atomic E-state index is 10.6. The lowest BCUT2D eigenvalue weighted by Crippen LogP contribution is -2.37. The Hall–Kier alpha value is -1.06. The van der Waals surface area contributed by atoms with Gasteiger partial charge in [0, 0.05) is 13.1 Å². The molecular weight excluding hydrogens is 134 g/mol. The third kappa shape index (κ3) is 2.05. The molecule has 0 radical (unpaired) electrons. The molecule has 0 unspecified atom stereocenters. The smallest absolute Gasteiger partial charge is 0.394 e. The van der Waals surface area contributed by atoms with E-state index in [0.29, 0.717) is 0 Å². The Kier molecular flexibility index (Phi) is 2.86. The van der Waals surface area contributed by atoms with Crippen LogP contribution in [0.25, 0.3) is 0 Å². The Bertz CT molecular complexity index is 153. The summed E-state index contributed by atoms with van der Waals surface area (Å²) in [6.07, 6.45) is 0. The zero-order valence-corrected chi connectivity index (χ0v) is 6.29. The van der Waals surface area contributed by atoms with Crippen molar-refractivity contribution >= 4 is 11.9 Å². The fourth-order valence-corrected chi connectivity index (χ4v) is 0.385. The van der Waals surface area contributed by atoms with E-state index >= 15 is 0 Å². The number of hydrogen-bond donors (Lipinski definition) is 1. The molecule has 0 aromatic rings. The van der Waals surface area contributed by atoms with Gasteiger partial charge in [0.2, 0.25) is 0 Å². The molecule has 58 valence electrons. The molecule has 0 fully saturated rings. The molecule has 4 nitrogen and oxygen atoms in total. The molecule has 10 heavy (non-hydrogen) atoms. The van der Waals surface area contributed by atoms with Gasteiger partial charge >= 0.3 is 11.9 Å². The van der Waals surface area contributed by atoms with Gasteiger partial charge in [-0.3, -0.25) is 4.79 Å². The quantitative estimate of drug-likeness (QED) is 0.526. The molecule has 0 heterocycles. The molecule has 0 atom stereocenters. The summed E-state index contributed by atoms with van der Waals surface area (Å²) in [6, 6.07) is -0.0661. The lowest BCUT2D eigenvalue weighted by Gasteiger charge is -2.18. The van der Waals surface area contributed by atoms with E-state index in [-0.39, 0.29) is 6.04 Å². The summed E-state index contributed by atoms with van der Waals surface area (Å²) in [6.45, 7) is 3.50. The van der Waals surface area contributed by atoms with E-state index in [2.05, 4.69) is 0 Å². The molecule has 0 aromatic heterocycles. The molecule has 0 aliphatic heterocycles. The van der Waals surface area contributed by atoms with Crippen LogP contribution in [0, 0.1) is 0 Å².